The van der Waals surface area contributed by atoms with E-state index in [0.29, 0.717) is 12.5 Å². The standard InChI is InChI=1S/C18H29N3O2S/c22-16(21-11-7-3-4-8-12-21)13-15-17(23)20-18(24-15)19-14-9-5-1-2-6-10-14/h14-15H,1-13H2,(H,19,20,23). The van der Waals surface area contributed by atoms with Gasteiger partial charge in [-0.3, -0.25) is 14.6 Å². The molecule has 5 nitrogen and oxygen atoms in total. The monoisotopic (exact) mass is 351 g/mol. The van der Waals surface area contributed by atoms with Gasteiger partial charge < -0.3 is 10.2 Å². The van der Waals surface area contributed by atoms with Crippen LogP contribution in [0.2, 0.25) is 0 Å². The largest absolute Gasteiger partial charge is 0.343 e. The molecule has 1 saturated carbocycles. The molecular weight excluding hydrogens is 322 g/mol. The number of hydrogen-bond acceptors (Lipinski definition) is 4. The van der Waals surface area contributed by atoms with Gasteiger partial charge in [0.2, 0.25) is 11.8 Å². The maximum Gasteiger partial charge on any atom is 0.240 e. The van der Waals surface area contributed by atoms with E-state index in [1.807, 2.05) is 4.90 Å². The highest BCUT2D eigenvalue weighted by Crippen LogP contribution is 2.27. The highest BCUT2D eigenvalue weighted by Gasteiger charge is 2.33. The lowest BCUT2D eigenvalue weighted by atomic mass is 10.1. The molecule has 1 atom stereocenters. The Morgan fingerprint density at radius 3 is 2.33 bits per heavy atom. The summed E-state index contributed by atoms with van der Waals surface area (Å²) in [6, 6.07) is 0.343. The molecule has 1 aliphatic carbocycles. The van der Waals surface area contributed by atoms with Gasteiger partial charge in [0.25, 0.3) is 0 Å². The van der Waals surface area contributed by atoms with Gasteiger partial charge in [-0.2, -0.15) is 0 Å². The van der Waals surface area contributed by atoms with Crippen LogP contribution in [0.1, 0.15) is 70.6 Å². The second-order valence-corrected chi connectivity index (χ2v) is 8.37. The molecule has 0 aromatic heterocycles. The average molecular weight is 352 g/mol. The second kappa shape index (κ2) is 8.88. The van der Waals surface area contributed by atoms with E-state index < -0.39 is 0 Å². The van der Waals surface area contributed by atoms with Crippen LogP contribution in [0.25, 0.3) is 0 Å². The van der Waals surface area contributed by atoms with Crippen molar-refractivity contribution in [1.82, 2.24) is 10.2 Å². The molecule has 0 aromatic rings. The SMILES string of the molecule is O=C1NC(=NC2CCCCCC2)SC1CC(=O)N1CCCCCC1. The molecule has 2 aliphatic heterocycles. The van der Waals surface area contributed by atoms with Gasteiger partial charge in [-0.05, 0) is 25.7 Å². The van der Waals surface area contributed by atoms with Crippen LogP contribution in [-0.4, -0.2) is 46.3 Å². The third-order valence-corrected chi connectivity index (χ3v) is 6.32. The van der Waals surface area contributed by atoms with Crippen molar-refractivity contribution in [2.45, 2.75) is 81.9 Å². The predicted octanol–water partition coefficient (Wildman–Crippen LogP) is 3.09. The van der Waals surface area contributed by atoms with E-state index >= 15 is 0 Å². The average Bonchev–Trinajstić information content (AvgIpc) is 2.84. The summed E-state index contributed by atoms with van der Waals surface area (Å²) in [5, 5.41) is 3.33. The minimum Gasteiger partial charge on any atom is -0.343 e. The normalized spacial score (nSPS) is 28.5. The highest BCUT2D eigenvalue weighted by molar-refractivity contribution is 8.15. The number of rotatable bonds is 3. The maximum absolute atomic E-state index is 12.5. The van der Waals surface area contributed by atoms with Crippen LogP contribution in [0.3, 0.4) is 0 Å². The van der Waals surface area contributed by atoms with Gasteiger partial charge in [-0.15, -0.1) is 0 Å². The molecule has 2 saturated heterocycles. The Hall–Kier alpha value is -1.04. The topological polar surface area (TPSA) is 61.8 Å². The highest BCUT2D eigenvalue weighted by atomic mass is 32.2. The van der Waals surface area contributed by atoms with Crippen LogP contribution in [-0.2, 0) is 9.59 Å². The zero-order valence-electron chi connectivity index (χ0n) is 14.5. The summed E-state index contributed by atoms with van der Waals surface area (Å²) >= 11 is 1.46. The number of amidine groups is 1. The predicted molar refractivity (Wildman–Crippen MR) is 98.1 cm³/mol. The maximum atomic E-state index is 12.5. The van der Waals surface area contributed by atoms with Gasteiger partial charge >= 0.3 is 0 Å². The lowest BCUT2D eigenvalue weighted by Gasteiger charge is -2.21. The molecule has 2 amide bonds. The van der Waals surface area contributed by atoms with Crippen LogP contribution < -0.4 is 5.32 Å². The number of carbonyl (C=O) groups is 2. The van der Waals surface area contributed by atoms with Gasteiger partial charge in [0, 0.05) is 19.5 Å². The Morgan fingerprint density at radius 2 is 1.67 bits per heavy atom. The van der Waals surface area contributed by atoms with Gasteiger partial charge in [0.1, 0.15) is 5.25 Å². The Morgan fingerprint density at radius 1 is 1.04 bits per heavy atom. The third kappa shape index (κ3) is 4.98. The van der Waals surface area contributed by atoms with Crippen LogP contribution in [0.4, 0.5) is 0 Å². The first-order valence-electron chi connectivity index (χ1n) is 9.55. The van der Waals surface area contributed by atoms with Crippen LogP contribution in [0.15, 0.2) is 4.99 Å². The summed E-state index contributed by atoms with van der Waals surface area (Å²) in [5.74, 6) is 0.0795. The molecule has 0 bridgehead atoms. The van der Waals surface area contributed by atoms with Gasteiger partial charge in [0.15, 0.2) is 5.17 Å². The van der Waals surface area contributed by atoms with Gasteiger partial charge in [0.05, 0.1) is 6.04 Å². The van der Waals surface area contributed by atoms with Crippen molar-refractivity contribution in [3.63, 3.8) is 0 Å². The summed E-state index contributed by atoms with van der Waals surface area (Å²) in [6.07, 6.45) is 12.2. The molecule has 24 heavy (non-hydrogen) atoms. The molecule has 3 fully saturated rings. The summed E-state index contributed by atoms with van der Waals surface area (Å²) in [5.41, 5.74) is 0. The number of carbonyl (C=O) groups excluding carboxylic acids is 2. The molecule has 0 radical (unpaired) electrons. The zero-order chi connectivity index (χ0) is 16.8. The van der Waals surface area contributed by atoms with E-state index in [0.717, 1.165) is 43.9 Å². The van der Waals surface area contributed by atoms with Crippen molar-refractivity contribution >= 4 is 28.7 Å². The molecule has 0 spiro atoms. The Labute approximate surface area is 149 Å². The summed E-state index contributed by atoms with van der Waals surface area (Å²) in [7, 11) is 0. The number of nitrogens with zero attached hydrogens (tertiary/aromatic N) is 2. The summed E-state index contributed by atoms with van der Waals surface area (Å²) in [4.78, 5) is 31.4. The number of aliphatic imine (C=N–C) groups is 1. The zero-order valence-corrected chi connectivity index (χ0v) is 15.3. The van der Waals surface area contributed by atoms with E-state index in [9.17, 15) is 9.59 Å². The van der Waals surface area contributed by atoms with E-state index in [2.05, 4.69) is 5.32 Å². The number of hydrogen-bond donors (Lipinski definition) is 1. The molecule has 3 rings (SSSR count). The summed E-state index contributed by atoms with van der Waals surface area (Å²) < 4.78 is 0. The fourth-order valence-electron chi connectivity index (χ4n) is 3.76. The van der Waals surface area contributed by atoms with Crippen molar-refractivity contribution in [1.29, 1.82) is 0 Å². The van der Waals surface area contributed by atoms with Crippen LogP contribution in [0, 0.1) is 0 Å². The molecule has 3 aliphatic rings. The minimum atomic E-state index is -0.301. The smallest absolute Gasteiger partial charge is 0.240 e. The molecule has 1 N–H and O–H groups in total. The molecular formula is C18H29N3O2S. The Kier molecular flexibility index (Phi) is 6.58. The Bertz CT molecular complexity index is 479. The van der Waals surface area contributed by atoms with Crippen molar-refractivity contribution in [2.24, 2.45) is 4.99 Å². The fraction of sp³-hybridized carbons (Fsp3) is 0.833. The van der Waals surface area contributed by atoms with Crippen LogP contribution >= 0.6 is 11.8 Å². The molecule has 134 valence electrons. The first-order valence-corrected chi connectivity index (χ1v) is 10.4. The minimum absolute atomic E-state index is 0.0458. The number of thioether (sulfide) groups is 1. The van der Waals surface area contributed by atoms with Crippen molar-refractivity contribution < 1.29 is 9.59 Å². The van der Waals surface area contributed by atoms with Crippen molar-refractivity contribution in [3.8, 4) is 0 Å². The van der Waals surface area contributed by atoms with Crippen LogP contribution in [0.5, 0.6) is 0 Å². The second-order valence-electron chi connectivity index (χ2n) is 7.17. The number of amides is 2. The Balaban J connectivity index is 1.53. The lowest BCUT2D eigenvalue weighted by molar-refractivity contribution is -0.132. The van der Waals surface area contributed by atoms with E-state index in [1.54, 1.807) is 0 Å². The number of nitrogens with one attached hydrogen (secondary N) is 1. The lowest BCUT2D eigenvalue weighted by Crippen LogP contribution is -2.35. The number of likely N-dealkylation sites (tertiary alicyclic amines) is 1. The third-order valence-electron chi connectivity index (χ3n) is 5.22. The van der Waals surface area contributed by atoms with E-state index in [1.165, 1.54) is 50.3 Å². The summed E-state index contributed by atoms with van der Waals surface area (Å²) in [6.45, 7) is 1.70. The fourth-order valence-corrected chi connectivity index (χ4v) is 4.79. The molecule has 2 heterocycles. The van der Waals surface area contributed by atoms with E-state index in [-0.39, 0.29) is 17.1 Å². The molecule has 1 unspecified atom stereocenters. The first kappa shape index (κ1) is 17.8. The molecule has 6 heteroatoms. The molecule has 0 aromatic carbocycles. The van der Waals surface area contributed by atoms with E-state index in [4.69, 9.17) is 4.99 Å². The van der Waals surface area contributed by atoms with Crippen molar-refractivity contribution in [3.05, 3.63) is 0 Å². The van der Waals surface area contributed by atoms with Crippen molar-refractivity contribution in [2.75, 3.05) is 13.1 Å². The first-order chi connectivity index (χ1) is 11.7. The van der Waals surface area contributed by atoms with Gasteiger partial charge in [-0.1, -0.05) is 50.3 Å². The quantitative estimate of drug-likeness (QED) is 0.795. The van der Waals surface area contributed by atoms with Gasteiger partial charge in [-0.25, -0.2) is 0 Å².